The number of carboxylic acid groups (broad SMARTS) is 1. The number of nitrogens with one attached hydrogen (secondary N) is 2. The number of rotatable bonds is 6. The van der Waals surface area contributed by atoms with E-state index in [-0.39, 0.29) is 12.5 Å². The molecule has 0 saturated heterocycles. The van der Waals surface area contributed by atoms with Crippen molar-refractivity contribution in [1.29, 1.82) is 0 Å². The summed E-state index contributed by atoms with van der Waals surface area (Å²) in [6, 6.07) is -1.31. The summed E-state index contributed by atoms with van der Waals surface area (Å²) < 4.78 is 10.7. The lowest BCUT2D eigenvalue weighted by molar-refractivity contribution is -0.139. The number of amides is 2. The first-order valence-electron chi connectivity index (χ1n) is 5.08. The van der Waals surface area contributed by atoms with Gasteiger partial charge in [-0.05, 0) is 18.8 Å². The van der Waals surface area contributed by atoms with E-state index in [0.29, 0.717) is 5.75 Å². The fourth-order valence-corrected chi connectivity index (χ4v) is 1.70. The molecule has 1 saturated carbocycles. The molecule has 0 spiro atoms. The third-order valence-electron chi connectivity index (χ3n) is 2.32. The molecule has 1 aliphatic carbocycles. The summed E-state index contributed by atoms with van der Waals surface area (Å²) in [6.45, 7) is 0.284. The Hall–Kier alpha value is -1.11. The van der Waals surface area contributed by atoms with Crippen LogP contribution >= 0.6 is 0 Å². The number of hydrogen-bond donors (Lipinski definition) is 3. The van der Waals surface area contributed by atoms with Gasteiger partial charge in [0.25, 0.3) is 0 Å². The maximum atomic E-state index is 11.3. The molecule has 1 aliphatic rings. The van der Waals surface area contributed by atoms with Gasteiger partial charge < -0.3 is 15.7 Å². The zero-order valence-corrected chi connectivity index (χ0v) is 9.88. The van der Waals surface area contributed by atoms with Gasteiger partial charge in [-0.25, -0.2) is 9.59 Å². The lowest BCUT2D eigenvalue weighted by Gasteiger charge is -2.13. The molecular weight excluding hydrogens is 232 g/mol. The summed E-state index contributed by atoms with van der Waals surface area (Å²) in [7, 11) is -0.959. The summed E-state index contributed by atoms with van der Waals surface area (Å²) in [5, 5.41) is 13.7. The smallest absolute Gasteiger partial charge is 0.326 e. The van der Waals surface area contributed by atoms with Gasteiger partial charge in [-0.1, -0.05) is 0 Å². The lowest BCUT2D eigenvalue weighted by atomic mass is 10.2. The number of urea groups is 1. The third-order valence-corrected chi connectivity index (χ3v) is 3.10. The van der Waals surface area contributed by atoms with Gasteiger partial charge >= 0.3 is 12.0 Å². The topological polar surface area (TPSA) is 95.5 Å². The SMILES string of the molecule is CS(=O)CCNC(=O)NC(C(=O)O)C1CC1. The van der Waals surface area contributed by atoms with Gasteiger partial charge in [0.2, 0.25) is 0 Å². The van der Waals surface area contributed by atoms with Crippen molar-refractivity contribution in [1.82, 2.24) is 10.6 Å². The van der Waals surface area contributed by atoms with Crippen LogP contribution in [-0.4, -0.2) is 45.9 Å². The second kappa shape index (κ2) is 5.83. The highest BCUT2D eigenvalue weighted by Gasteiger charge is 2.37. The summed E-state index contributed by atoms with van der Waals surface area (Å²) in [6.07, 6.45) is 3.23. The van der Waals surface area contributed by atoms with Gasteiger partial charge in [0.1, 0.15) is 6.04 Å². The van der Waals surface area contributed by atoms with E-state index >= 15 is 0 Å². The number of carbonyl (C=O) groups is 2. The Labute approximate surface area is 96.2 Å². The van der Waals surface area contributed by atoms with Crippen molar-refractivity contribution in [2.45, 2.75) is 18.9 Å². The molecule has 0 aromatic carbocycles. The normalized spacial score (nSPS) is 18.6. The van der Waals surface area contributed by atoms with E-state index < -0.39 is 28.8 Å². The van der Waals surface area contributed by atoms with Crippen molar-refractivity contribution in [3.05, 3.63) is 0 Å². The third kappa shape index (κ3) is 4.61. The van der Waals surface area contributed by atoms with Crippen LogP contribution in [0.4, 0.5) is 4.79 Å². The number of carboxylic acids is 1. The number of aliphatic carboxylic acids is 1. The predicted molar refractivity (Wildman–Crippen MR) is 59.6 cm³/mol. The van der Waals surface area contributed by atoms with Gasteiger partial charge in [0.15, 0.2) is 0 Å². The minimum absolute atomic E-state index is 0.0588. The summed E-state index contributed by atoms with van der Waals surface area (Å²) in [5.74, 6) is -0.575. The summed E-state index contributed by atoms with van der Waals surface area (Å²) >= 11 is 0. The monoisotopic (exact) mass is 248 g/mol. The zero-order chi connectivity index (χ0) is 12.1. The summed E-state index contributed by atoms with van der Waals surface area (Å²) in [5.41, 5.74) is 0. The standard InChI is InChI=1S/C9H16N2O4S/c1-16(15)5-4-10-9(14)11-7(8(12)13)6-2-3-6/h6-7H,2-5H2,1H3,(H,12,13)(H2,10,11,14). The fourth-order valence-electron chi connectivity index (χ4n) is 1.31. The van der Waals surface area contributed by atoms with Gasteiger partial charge in [0, 0.05) is 29.4 Å². The molecular formula is C9H16N2O4S. The average molecular weight is 248 g/mol. The Kier molecular flexibility index (Phi) is 4.72. The minimum atomic E-state index is -1.00. The molecule has 1 rings (SSSR count). The molecule has 0 heterocycles. The Morgan fingerprint density at radius 3 is 2.56 bits per heavy atom. The molecule has 92 valence electrons. The van der Waals surface area contributed by atoms with Crippen LogP contribution in [0.1, 0.15) is 12.8 Å². The van der Waals surface area contributed by atoms with Gasteiger partial charge in [0.05, 0.1) is 0 Å². The van der Waals surface area contributed by atoms with Crippen molar-refractivity contribution in [3.8, 4) is 0 Å². The quantitative estimate of drug-likeness (QED) is 0.592. The Morgan fingerprint density at radius 2 is 2.12 bits per heavy atom. The van der Waals surface area contributed by atoms with E-state index in [2.05, 4.69) is 10.6 Å². The first-order valence-corrected chi connectivity index (χ1v) is 6.80. The molecule has 0 aromatic heterocycles. The van der Waals surface area contributed by atoms with Crippen molar-refractivity contribution in [3.63, 3.8) is 0 Å². The Balaban J connectivity index is 2.26. The molecule has 16 heavy (non-hydrogen) atoms. The maximum Gasteiger partial charge on any atom is 0.326 e. The van der Waals surface area contributed by atoms with Crippen molar-refractivity contribution >= 4 is 22.8 Å². The molecule has 3 N–H and O–H groups in total. The highest BCUT2D eigenvalue weighted by atomic mass is 32.2. The molecule has 2 amide bonds. The Morgan fingerprint density at radius 1 is 1.50 bits per heavy atom. The minimum Gasteiger partial charge on any atom is -0.480 e. The van der Waals surface area contributed by atoms with Gasteiger partial charge in [-0.15, -0.1) is 0 Å². The van der Waals surface area contributed by atoms with Crippen molar-refractivity contribution in [2.24, 2.45) is 5.92 Å². The first kappa shape index (κ1) is 13.0. The number of hydrogen-bond acceptors (Lipinski definition) is 3. The maximum absolute atomic E-state index is 11.3. The Bertz CT molecular complexity index is 304. The van der Waals surface area contributed by atoms with Crippen LogP contribution in [0, 0.1) is 5.92 Å². The zero-order valence-electron chi connectivity index (χ0n) is 9.06. The molecule has 2 unspecified atom stereocenters. The van der Waals surface area contributed by atoms with E-state index in [9.17, 15) is 13.8 Å². The van der Waals surface area contributed by atoms with Crippen LogP contribution < -0.4 is 10.6 Å². The van der Waals surface area contributed by atoms with E-state index in [1.54, 1.807) is 6.26 Å². The molecule has 0 radical (unpaired) electrons. The molecule has 1 fully saturated rings. The van der Waals surface area contributed by atoms with E-state index in [4.69, 9.17) is 5.11 Å². The highest BCUT2D eigenvalue weighted by Crippen LogP contribution is 2.32. The second-order valence-electron chi connectivity index (χ2n) is 3.83. The second-order valence-corrected chi connectivity index (χ2v) is 5.39. The molecule has 0 bridgehead atoms. The van der Waals surface area contributed by atoms with E-state index in [0.717, 1.165) is 12.8 Å². The largest absolute Gasteiger partial charge is 0.480 e. The fraction of sp³-hybridized carbons (Fsp3) is 0.778. The first-order chi connectivity index (χ1) is 7.50. The van der Waals surface area contributed by atoms with Crippen LogP contribution in [0.3, 0.4) is 0 Å². The van der Waals surface area contributed by atoms with Crippen molar-refractivity contribution < 1.29 is 18.9 Å². The van der Waals surface area contributed by atoms with Crippen molar-refractivity contribution in [2.75, 3.05) is 18.6 Å². The molecule has 0 aliphatic heterocycles. The number of carbonyl (C=O) groups excluding carboxylic acids is 1. The van der Waals surface area contributed by atoms with Gasteiger partial charge in [-0.3, -0.25) is 4.21 Å². The van der Waals surface area contributed by atoms with Crippen LogP contribution in [-0.2, 0) is 15.6 Å². The molecule has 6 nitrogen and oxygen atoms in total. The average Bonchev–Trinajstić information content (AvgIpc) is 2.96. The molecule has 7 heteroatoms. The van der Waals surface area contributed by atoms with E-state index in [1.165, 1.54) is 0 Å². The predicted octanol–water partition coefficient (Wildman–Crippen LogP) is -0.473. The molecule has 2 atom stereocenters. The van der Waals surface area contributed by atoms with Crippen LogP contribution in [0.5, 0.6) is 0 Å². The van der Waals surface area contributed by atoms with Crippen LogP contribution in [0.2, 0.25) is 0 Å². The van der Waals surface area contributed by atoms with Crippen LogP contribution in [0.15, 0.2) is 0 Å². The molecule has 0 aromatic rings. The van der Waals surface area contributed by atoms with Crippen LogP contribution in [0.25, 0.3) is 0 Å². The van der Waals surface area contributed by atoms with Gasteiger partial charge in [-0.2, -0.15) is 0 Å². The van der Waals surface area contributed by atoms with E-state index in [1.807, 2.05) is 0 Å². The highest BCUT2D eigenvalue weighted by molar-refractivity contribution is 7.84. The summed E-state index contributed by atoms with van der Waals surface area (Å²) in [4.78, 5) is 22.1. The lowest BCUT2D eigenvalue weighted by Crippen LogP contribution is -2.47.